The second-order valence-electron chi connectivity index (χ2n) is 4.90. The number of nitrogens with one attached hydrogen (secondary N) is 1. The quantitative estimate of drug-likeness (QED) is 0.907. The van der Waals surface area contributed by atoms with E-state index in [-0.39, 0.29) is 6.09 Å². The van der Waals surface area contributed by atoms with Crippen LogP contribution in [0.1, 0.15) is 19.4 Å². The maximum Gasteiger partial charge on any atom is 0.409 e. The fraction of sp³-hybridized carbons (Fsp3) is 0.643. The van der Waals surface area contributed by atoms with Gasteiger partial charge in [-0.25, -0.2) is 9.78 Å². The van der Waals surface area contributed by atoms with E-state index in [0.29, 0.717) is 25.6 Å². The molecule has 1 aromatic rings. The molecular weight excluding hydrogens is 270 g/mol. The van der Waals surface area contributed by atoms with Crippen molar-refractivity contribution < 1.29 is 9.53 Å². The Morgan fingerprint density at radius 3 is 2.67 bits per heavy atom. The average molecular weight is 293 g/mol. The molecule has 0 bridgehead atoms. The lowest BCUT2D eigenvalue weighted by atomic mass is 10.2. The van der Waals surface area contributed by atoms with Crippen LogP contribution in [0.2, 0.25) is 0 Å². The van der Waals surface area contributed by atoms with Crippen molar-refractivity contribution in [1.29, 1.82) is 0 Å². The van der Waals surface area contributed by atoms with Gasteiger partial charge < -0.3 is 19.9 Å². The lowest BCUT2D eigenvalue weighted by molar-refractivity contribution is 0.105. The van der Waals surface area contributed by atoms with Crippen molar-refractivity contribution >= 4 is 17.9 Å². The molecule has 1 fully saturated rings. The van der Waals surface area contributed by atoms with Crippen LogP contribution >= 0.6 is 0 Å². The van der Waals surface area contributed by atoms with Crippen LogP contribution in [0.3, 0.4) is 0 Å². The third kappa shape index (κ3) is 3.74. The number of anilines is 2. The van der Waals surface area contributed by atoms with Gasteiger partial charge in [0.15, 0.2) is 0 Å². The monoisotopic (exact) mass is 293 g/mol. The van der Waals surface area contributed by atoms with Gasteiger partial charge in [0, 0.05) is 44.5 Å². The van der Waals surface area contributed by atoms with E-state index in [9.17, 15) is 4.79 Å². The Hall–Kier alpha value is -2.05. The zero-order valence-corrected chi connectivity index (χ0v) is 12.9. The van der Waals surface area contributed by atoms with Crippen molar-refractivity contribution in [2.75, 3.05) is 49.5 Å². The summed E-state index contributed by atoms with van der Waals surface area (Å²) in [5, 5.41) is 3.12. The van der Waals surface area contributed by atoms with Gasteiger partial charge in [-0.1, -0.05) is 0 Å². The molecule has 0 aromatic carbocycles. The Bertz CT molecular complexity index is 486. The van der Waals surface area contributed by atoms with Gasteiger partial charge in [-0.2, -0.15) is 4.98 Å². The number of aryl methyl sites for hydroxylation is 1. The number of carbonyl (C=O) groups is 1. The third-order valence-electron chi connectivity index (χ3n) is 3.39. The van der Waals surface area contributed by atoms with Crippen molar-refractivity contribution in [3.05, 3.63) is 11.8 Å². The van der Waals surface area contributed by atoms with Gasteiger partial charge in [-0.3, -0.25) is 0 Å². The molecular formula is C14H23N5O2. The van der Waals surface area contributed by atoms with Crippen molar-refractivity contribution in [2.45, 2.75) is 20.8 Å². The molecule has 1 N–H and O–H groups in total. The van der Waals surface area contributed by atoms with Crippen LogP contribution in [0.4, 0.5) is 16.6 Å². The summed E-state index contributed by atoms with van der Waals surface area (Å²) in [6.07, 6.45) is 1.60. The fourth-order valence-electron chi connectivity index (χ4n) is 2.31. The molecule has 0 radical (unpaired) electrons. The molecule has 1 aliphatic rings. The molecule has 2 rings (SSSR count). The van der Waals surface area contributed by atoms with Crippen molar-refractivity contribution in [3.63, 3.8) is 0 Å². The summed E-state index contributed by atoms with van der Waals surface area (Å²) in [6.45, 7) is 9.85. The normalized spacial score (nSPS) is 15.0. The summed E-state index contributed by atoms with van der Waals surface area (Å²) in [4.78, 5) is 24.4. The number of ether oxygens (including phenoxy) is 1. The molecule has 1 amide bonds. The molecule has 0 saturated carbocycles. The standard InChI is InChI=1S/C14H23N5O2/c1-4-15-13-16-10-11(3)12(17-13)18-6-8-19(9-7-18)14(20)21-5-2/h10H,4-9H2,1-3H3,(H,15,16,17). The third-order valence-corrected chi connectivity index (χ3v) is 3.39. The highest BCUT2D eigenvalue weighted by Crippen LogP contribution is 2.19. The molecule has 7 nitrogen and oxygen atoms in total. The number of piperazine rings is 1. The molecule has 21 heavy (non-hydrogen) atoms. The van der Waals surface area contributed by atoms with E-state index < -0.39 is 0 Å². The minimum absolute atomic E-state index is 0.232. The van der Waals surface area contributed by atoms with E-state index in [1.54, 1.807) is 4.90 Å². The highest BCUT2D eigenvalue weighted by Gasteiger charge is 2.23. The predicted molar refractivity (Wildman–Crippen MR) is 81.7 cm³/mol. The SMILES string of the molecule is CCNc1ncc(C)c(N2CCN(C(=O)OCC)CC2)n1. The summed E-state index contributed by atoms with van der Waals surface area (Å²) in [5.74, 6) is 1.58. The van der Waals surface area contributed by atoms with Gasteiger partial charge in [0.25, 0.3) is 0 Å². The van der Waals surface area contributed by atoms with E-state index in [2.05, 4.69) is 20.2 Å². The van der Waals surface area contributed by atoms with Gasteiger partial charge in [-0.05, 0) is 20.8 Å². The molecule has 0 aliphatic carbocycles. The van der Waals surface area contributed by atoms with E-state index in [0.717, 1.165) is 31.0 Å². The molecule has 2 heterocycles. The molecule has 1 aliphatic heterocycles. The smallest absolute Gasteiger partial charge is 0.409 e. The Morgan fingerprint density at radius 2 is 2.05 bits per heavy atom. The zero-order chi connectivity index (χ0) is 15.2. The number of nitrogens with zero attached hydrogens (tertiary/aromatic N) is 4. The molecule has 1 saturated heterocycles. The van der Waals surface area contributed by atoms with Crippen molar-refractivity contribution in [3.8, 4) is 0 Å². The molecule has 7 heteroatoms. The number of aromatic nitrogens is 2. The van der Waals surface area contributed by atoms with Crippen LogP contribution in [0.15, 0.2) is 6.20 Å². The molecule has 0 atom stereocenters. The van der Waals surface area contributed by atoms with Gasteiger partial charge in [-0.15, -0.1) is 0 Å². The second kappa shape index (κ2) is 7.10. The second-order valence-corrected chi connectivity index (χ2v) is 4.90. The van der Waals surface area contributed by atoms with Gasteiger partial charge in [0.05, 0.1) is 6.61 Å². The number of hydrogen-bond acceptors (Lipinski definition) is 6. The van der Waals surface area contributed by atoms with E-state index >= 15 is 0 Å². The molecule has 0 unspecified atom stereocenters. The first-order chi connectivity index (χ1) is 10.2. The first kappa shape index (κ1) is 15.3. The van der Waals surface area contributed by atoms with Gasteiger partial charge in [0.1, 0.15) is 5.82 Å². The first-order valence-corrected chi connectivity index (χ1v) is 7.39. The molecule has 116 valence electrons. The maximum atomic E-state index is 11.7. The highest BCUT2D eigenvalue weighted by atomic mass is 16.6. The number of amides is 1. The van der Waals surface area contributed by atoms with Crippen LogP contribution in [0.5, 0.6) is 0 Å². The van der Waals surface area contributed by atoms with E-state index in [4.69, 9.17) is 4.74 Å². The summed E-state index contributed by atoms with van der Waals surface area (Å²) in [7, 11) is 0. The number of rotatable bonds is 4. The Morgan fingerprint density at radius 1 is 1.33 bits per heavy atom. The summed E-state index contributed by atoms with van der Waals surface area (Å²) >= 11 is 0. The maximum absolute atomic E-state index is 11.7. The largest absolute Gasteiger partial charge is 0.450 e. The minimum Gasteiger partial charge on any atom is -0.450 e. The molecule has 1 aromatic heterocycles. The average Bonchev–Trinajstić information content (AvgIpc) is 2.50. The Kier molecular flexibility index (Phi) is 5.19. The zero-order valence-electron chi connectivity index (χ0n) is 12.9. The fourth-order valence-corrected chi connectivity index (χ4v) is 2.31. The summed E-state index contributed by atoms with van der Waals surface area (Å²) in [5.41, 5.74) is 1.04. The van der Waals surface area contributed by atoms with Crippen molar-refractivity contribution in [1.82, 2.24) is 14.9 Å². The lowest BCUT2D eigenvalue weighted by Gasteiger charge is -2.35. The number of carbonyl (C=O) groups excluding carboxylic acids is 1. The van der Waals surface area contributed by atoms with Crippen LogP contribution < -0.4 is 10.2 Å². The Labute approximate surface area is 125 Å². The molecule has 0 spiro atoms. The predicted octanol–water partition coefficient (Wildman–Crippen LogP) is 1.50. The van der Waals surface area contributed by atoms with Crippen LogP contribution in [-0.2, 0) is 4.74 Å². The van der Waals surface area contributed by atoms with Gasteiger partial charge in [0.2, 0.25) is 5.95 Å². The van der Waals surface area contributed by atoms with Crippen LogP contribution in [-0.4, -0.2) is 60.3 Å². The summed E-state index contributed by atoms with van der Waals surface area (Å²) < 4.78 is 5.03. The lowest BCUT2D eigenvalue weighted by Crippen LogP contribution is -2.49. The topological polar surface area (TPSA) is 70.6 Å². The van der Waals surface area contributed by atoms with Crippen LogP contribution in [0, 0.1) is 6.92 Å². The van der Waals surface area contributed by atoms with Crippen molar-refractivity contribution in [2.24, 2.45) is 0 Å². The van der Waals surface area contributed by atoms with Gasteiger partial charge >= 0.3 is 6.09 Å². The minimum atomic E-state index is -0.232. The van der Waals surface area contributed by atoms with E-state index in [1.165, 1.54) is 0 Å². The summed E-state index contributed by atoms with van der Waals surface area (Å²) in [6, 6.07) is 0. The first-order valence-electron chi connectivity index (χ1n) is 7.39. The Balaban J connectivity index is 2.01. The van der Waals surface area contributed by atoms with Crippen LogP contribution in [0.25, 0.3) is 0 Å². The highest BCUT2D eigenvalue weighted by molar-refractivity contribution is 5.68. The number of hydrogen-bond donors (Lipinski definition) is 1. The van der Waals surface area contributed by atoms with E-state index in [1.807, 2.05) is 27.0 Å².